The van der Waals surface area contributed by atoms with E-state index in [1.807, 2.05) is 18.5 Å². The summed E-state index contributed by atoms with van der Waals surface area (Å²) in [6.07, 6.45) is 0.990. The van der Waals surface area contributed by atoms with E-state index < -0.39 is 0 Å². The Morgan fingerprint density at radius 3 is 2.92 bits per heavy atom. The van der Waals surface area contributed by atoms with Crippen molar-refractivity contribution >= 4 is 17.4 Å². The number of amides is 2. The highest BCUT2D eigenvalue weighted by Gasteiger charge is 2.27. The Hall–Kier alpha value is -1.92. The molecule has 128 valence electrons. The molecule has 1 fully saturated rings. The fourth-order valence-electron chi connectivity index (χ4n) is 3.09. The number of nitrogens with one attached hydrogen (secondary N) is 2. The third-order valence-electron chi connectivity index (χ3n) is 4.64. The Morgan fingerprint density at radius 2 is 2.21 bits per heavy atom. The second-order valence-corrected chi connectivity index (χ2v) is 7.19. The molecule has 0 spiro atoms. The van der Waals surface area contributed by atoms with Crippen LogP contribution >= 0.6 is 11.3 Å². The molecule has 5 nitrogen and oxygen atoms in total. The van der Waals surface area contributed by atoms with Gasteiger partial charge in [-0.2, -0.15) is 0 Å². The molecule has 2 amide bonds. The van der Waals surface area contributed by atoms with Gasteiger partial charge in [-0.15, -0.1) is 11.3 Å². The van der Waals surface area contributed by atoms with E-state index in [9.17, 15) is 4.79 Å². The Bertz CT molecular complexity index is 673. The van der Waals surface area contributed by atoms with Gasteiger partial charge in [0.25, 0.3) is 0 Å². The number of benzene rings is 1. The first-order valence-electron chi connectivity index (χ1n) is 8.36. The maximum Gasteiger partial charge on any atom is 0.315 e. The number of carbonyl (C=O) groups excluding carboxylic acids is 1. The van der Waals surface area contributed by atoms with Crippen molar-refractivity contribution in [2.75, 3.05) is 13.1 Å². The van der Waals surface area contributed by atoms with Gasteiger partial charge in [-0.3, -0.25) is 4.90 Å². The van der Waals surface area contributed by atoms with Crippen LogP contribution in [0.1, 0.15) is 35.5 Å². The van der Waals surface area contributed by atoms with Crippen LogP contribution in [0, 0.1) is 6.92 Å². The Labute approximate surface area is 147 Å². The van der Waals surface area contributed by atoms with Gasteiger partial charge in [-0.1, -0.05) is 30.3 Å². The predicted molar refractivity (Wildman–Crippen MR) is 97.1 cm³/mol. The second-order valence-electron chi connectivity index (χ2n) is 6.26. The summed E-state index contributed by atoms with van der Waals surface area (Å²) in [5, 5.41) is 6.02. The number of aromatic nitrogens is 1. The van der Waals surface area contributed by atoms with Crippen LogP contribution in [-0.4, -0.2) is 35.0 Å². The second kappa shape index (κ2) is 7.77. The largest absolute Gasteiger partial charge is 0.334 e. The summed E-state index contributed by atoms with van der Waals surface area (Å²) < 4.78 is 0. The summed E-state index contributed by atoms with van der Waals surface area (Å²) in [7, 11) is 0. The van der Waals surface area contributed by atoms with Crippen LogP contribution < -0.4 is 10.6 Å². The molecule has 2 atom stereocenters. The van der Waals surface area contributed by atoms with Crippen LogP contribution in [0.15, 0.2) is 35.8 Å². The van der Waals surface area contributed by atoms with Crippen LogP contribution in [0.3, 0.4) is 0 Å². The molecular formula is C18H24N4OS. The van der Waals surface area contributed by atoms with Crippen LogP contribution in [0.2, 0.25) is 0 Å². The molecule has 1 aliphatic rings. The summed E-state index contributed by atoms with van der Waals surface area (Å²) in [6.45, 7) is 6.63. The summed E-state index contributed by atoms with van der Waals surface area (Å²) in [4.78, 5) is 19.8. The molecule has 0 saturated carbocycles. The lowest BCUT2D eigenvalue weighted by Gasteiger charge is -2.24. The van der Waals surface area contributed by atoms with Crippen molar-refractivity contribution in [2.45, 2.75) is 38.9 Å². The van der Waals surface area contributed by atoms with Gasteiger partial charge in [0.05, 0.1) is 17.7 Å². The SMILES string of the molecule is Cc1ncsc1CNC(=O)N[C@H]1CCN([C@@H](C)c2ccccc2)C1. The van der Waals surface area contributed by atoms with Gasteiger partial charge >= 0.3 is 6.03 Å². The first-order valence-corrected chi connectivity index (χ1v) is 9.24. The average Bonchev–Trinajstić information content (AvgIpc) is 3.22. The van der Waals surface area contributed by atoms with Crippen molar-refractivity contribution < 1.29 is 4.79 Å². The number of nitrogens with zero attached hydrogens (tertiary/aromatic N) is 2. The van der Waals surface area contributed by atoms with E-state index in [1.54, 1.807) is 11.3 Å². The van der Waals surface area contributed by atoms with Gasteiger partial charge in [0.1, 0.15) is 0 Å². The molecule has 2 aromatic rings. The Morgan fingerprint density at radius 1 is 1.42 bits per heavy atom. The number of urea groups is 1. The monoisotopic (exact) mass is 344 g/mol. The molecule has 1 aliphatic heterocycles. The Kier molecular flexibility index (Phi) is 5.48. The molecule has 0 unspecified atom stereocenters. The van der Waals surface area contributed by atoms with E-state index >= 15 is 0 Å². The van der Waals surface area contributed by atoms with Crippen LogP contribution in [0.5, 0.6) is 0 Å². The minimum atomic E-state index is -0.0954. The van der Waals surface area contributed by atoms with Crippen molar-refractivity contribution in [3.8, 4) is 0 Å². The number of hydrogen-bond acceptors (Lipinski definition) is 4. The van der Waals surface area contributed by atoms with Crippen molar-refractivity contribution in [2.24, 2.45) is 0 Å². The molecule has 3 rings (SSSR count). The van der Waals surface area contributed by atoms with E-state index in [2.05, 4.69) is 51.7 Å². The predicted octanol–water partition coefficient (Wildman–Crippen LogP) is 3.09. The average molecular weight is 344 g/mol. The molecule has 0 radical (unpaired) electrons. The van der Waals surface area contributed by atoms with Crippen molar-refractivity contribution in [1.29, 1.82) is 0 Å². The van der Waals surface area contributed by atoms with Crippen LogP contribution in [0.4, 0.5) is 4.79 Å². The first kappa shape index (κ1) is 16.9. The highest BCUT2D eigenvalue weighted by Crippen LogP contribution is 2.24. The minimum Gasteiger partial charge on any atom is -0.334 e. The summed E-state index contributed by atoms with van der Waals surface area (Å²) in [6, 6.07) is 11.0. The van der Waals surface area contributed by atoms with Crippen LogP contribution in [-0.2, 0) is 6.54 Å². The molecule has 1 aromatic carbocycles. The van der Waals surface area contributed by atoms with Gasteiger partial charge in [0, 0.05) is 30.1 Å². The van der Waals surface area contributed by atoms with E-state index in [0.29, 0.717) is 12.6 Å². The quantitative estimate of drug-likeness (QED) is 0.876. The van der Waals surface area contributed by atoms with E-state index in [4.69, 9.17) is 0 Å². The van der Waals surface area contributed by atoms with Crippen molar-refractivity contribution in [3.63, 3.8) is 0 Å². The molecule has 1 aromatic heterocycles. The van der Waals surface area contributed by atoms with Gasteiger partial charge in [-0.05, 0) is 25.8 Å². The molecule has 0 aliphatic carbocycles. The zero-order valence-electron chi connectivity index (χ0n) is 14.2. The highest BCUT2D eigenvalue weighted by atomic mass is 32.1. The smallest absolute Gasteiger partial charge is 0.315 e. The zero-order chi connectivity index (χ0) is 16.9. The normalized spacial score (nSPS) is 19.2. The van der Waals surface area contributed by atoms with Crippen LogP contribution in [0.25, 0.3) is 0 Å². The summed E-state index contributed by atoms with van der Waals surface area (Å²) in [5.74, 6) is 0. The van der Waals surface area contributed by atoms with E-state index in [0.717, 1.165) is 30.1 Å². The maximum absolute atomic E-state index is 12.1. The highest BCUT2D eigenvalue weighted by molar-refractivity contribution is 7.09. The van der Waals surface area contributed by atoms with Gasteiger partial charge < -0.3 is 10.6 Å². The fraction of sp³-hybridized carbons (Fsp3) is 0.444. The van der Waals surface area contributed by atoms with Crippen molar-refractivity contribution in [1.82, 2.24) is 20.5 Å². The Balaban J connectivity index is 1.45. The molecule has 1 saturated heterocycles. The number of aryl methyl sites for hydroxylation is 1. The lowest BCUT2D eigenvalue weighted by molar-refractivity contribution is 0.231. The number of hydrogen-bond donors (Lipinski definition) is 2. The summed E-state index contributed by atoms with van der Waals surface area (Å²) >= 11 is 1.57. The topological polar surface area (TPSA) is 57.3 Å². The molecule has 2 heterocycles. The molecule has 6 heteroatoms. The lowest BCUT2D eigenvalue weighted by Crippen LogP contribution is -2.43. The fourth-order valence-corrected chi connectivity index (χ4v) is 3.81. The lowest BCUT2D eigenvalue weighted by atomic mass is 10.1. The third kappa shape index (κ3) is 4.13. The number of rotatable bonds is 5. The zero-order valence-corrected chi connectivity index (χ0v) is 15.0. The van der Waals surface area contributed by atoms with Gasteiger partial charge in [0.15, 0.2) is 0 Å². The molecule has 0 bridgehead atoms. The minimum absolute atomic E-state index is 0.0954. The number of thiazole rings is 1. The van der Waals surface area contributed by atoms with Crippen molar-refractivity contribution in [3.05, 3.63) is 52.0 Å². The number of likely N-dealkylation sites (tertiary alicyclic amines) is 1. The summed E-state index contributed by atoms with van der Waals surface area (Å²) in [5.41, 5.74) is 4.12. The standard InChI is InChI=1S/C18H24N4OS/c1-13-17(24-12-20-13)10-19-18(23)21-16-8-9-22(11-16)14(2)15-6-4-3-5-7-15/h3-7,12,14,16H,8-11H2,1-2H3,(H2,19,21,23)/t14-,16-/m0/s1. The maximum atomic E-state index is 12.1. The molecule has 24 heavy (non-hydrogen) atoms. The third-order valence-corrected chi connectivity index (χ3v) is 5.57. The van der Waals surface area contributed by atoms with E-state index in [-0.39, 0.29) is 12.1 Å². The molecule has 2 N–H and O–H groups in total. The molecular weight excluding hydrogens is 320 g/mol. The van der Waals surface area contributed by atoms with Gasteiger partial charge in [-0.25, -0.2) is 9.78 Å². The first-order chi connectivity index (χ1) is 11.6. The van der Waals surface area contributed by atoms with E-state index in [1.165, 1.54) is 5.56 Å². The number of carbonyl (C=O) groups is 1. The van der Waals surface area contributed by atoms with Gasteiger partial charge in [0.2, 0.25) is 0 Å².